The number of nitrogens with one attached hydrogen (secondary N) is 2. The number of alkyl halides is 3. The molecule has 35 heavy (non-hydrogen) atoms. The maximum atomic E-state index is 12.3. The zero-order chi connectivity index (χ0) is 25.6. The number of aromatic nitrogens is 2. The largest absolute Gasteiger partial charge is 0.490 e. The van der Waals surface area contributed by atoms with Gasteiger partial charge in [-0.25, -0.2) is 14.4 Å². The lowest BCUT2D eigenvalue weighted by Crippen LogP contribution is -2.29. The second-order valence-electron chi connectivity index (χ2n) is 8.18. The number of carbonyl (C=O) groups is 2. The van der Waals surface area contributed by atoms with Crippen LogP contribution in [0.5, 0.6) is 0 Å². The number of rotatable bonds is 5. The quantitative estimate of drug-likeness (QED) is 0.466. The minimum absolute atomic E-state index is 0.0647. The third kappa shape index (κ3) is 6.72. The van der Waals surface area contributed by atoms with Crippen molar-refractivity contribution in [3.8, 4) is 11.3 Å². The van der Waals surface area contributed by atoms with E-state index in [1.807, 2.05) is 28.8 Å². The summed E-state index contributed by atoms with van der Waals surface area (Å²) in [6.07, 6.45) is 0.0667. The van der Waals surface area contributed by atoms with Gasteiger partial charge in [0.25, 0.3) is 0 Å². The summed E-state index contributed by atoms with van der Waals surface area (Å²) in [6.45, 7) is 2.86. The van der Waals surface area contributed by atoms with Gasteiger partial charge in [0.1, 0.15) is 0 Å². The van der Waals surface area contributed by atoms with Crippen molar-refractivity contribution < 1.29 is 32.6 Å². The Morgan fingerprint density at radius 3 is 2.37 bits per heavy atom. The summed E-state index contributed by atoms with van der Waals surface area (Å²) in [5, 5.41) is 12.5. The highest BCUT2D eigenvalue weighted by atomic mass is 19.4. The van der Waals surface area contributed by atoms with E-state index >= 15 is 0 Å². The molecule has 11 heteroatoms. The van der Waals surface area contributed by atoms with Crippen LogP contribution in [0.2, 0.25) is 0 Å². The number of H-pyrrole nitrogens is 1. The molecule has 0 spiro atoms. The zero-order valence-electron chi connectivity index (χ0n) is 19.0. The summed E-state index contributed by atoms with van der Waals surface area (Å²) < 4.78 is 38.4. The SMILES string of the molecule is COC(=O)c1ccc2cc(-c3c[nH]c(=O)n3CCC3CCNCC3)ccc2c1.O=C(O)C(F)(F)F. The summed E-state index contributed by atoms with van der Waals surface area (Å²) in [5.41, 5.74) is 2.35. The van der Waals surface area contributed by atoms with Crippen LogP contribution in [0.3, 0.4) is 0 Å². The fraction of sp³-hybridized carbons (Fsp3) is 0.375. The van der Waals surface area contributed by atoms with E-state index in [0.717, 1.165) is 48.1 Å². The number of aliphatic carboxylic acids is 1. The minimum atomic E-state index is -5.08. The molecule has 1 aliphatic heterocycles. The monoisotopic (exact) mass is 493 g/mol. The van der Waals surface area contributed by atoms with Crippen LogP contribution in [-0.2, 0) is 16.1 Å². The fourth-order valence-electron chi connectivity index (χ4n) is 3.99. The Hall–Kier alpha value is -3.60. The van der Waals surface area contributed by atoms with E-state index in [4.69, 9.17) is 14.6 Å². The number of piperidine rings is 1. The highest BCUT2D eigenvalue weighted by molar-refractivity contribution is 5.96. The fourth-order valence-corrected chi connectivity index (χ4v) is 3.99. The number of ether oxygens (including phenoxy) is 1. The van der Waals surface area contributed by atoms with Crippen LogP contribution in [0.4, 0.5) is 13.2 Å². The van der Waals surface area contributed by atoms with Crippen LogP contribution in [-0.4, -0.2) is 53.0 Å². The molecule has 2 heterocycles. The number of carboxylic acid groups (broad SMARTS) is 1. The molecule has 3 aromatic rings. The van der Waals surface area contributed by atoms with E-state index < -0.39 is 12.1 Å². The molecule has 1 fully saturated rings. The van der Waals surface area contributed by atoms with Gasteiger partial charge in [-0.15, -0.1) is 0 Å². The third-order valence-electron chi connectivity index (χ3n) is 5.89. The number of aromatic amines is 1. The number of methoxy groups -OCH3 is 1. The number of carboxylic acids is 1. The Labute approximate surface area is 198 Å². The molecule has 0 unspecified atom stereocenters. The molecular weight excluding hydrogens is 467 g/mol. The van der Waals surface area contributed by atoms with Gasteiger partial charge < -0.3 is 20.1 Å². The molecule has 1 aromatic heterocycles. The van der Waals surface area contributed by atoms with Crippen LogP contribution < -0.4 is 11.0 Å². The molecule has 8 nitrogen and oxygen atoms in total. The van der Waals surface area contributed by atoms with E-state index in [0.29, 0.717) is 11.5 Å². The number of fused-ring (bicyclic) bond motifs is 1. The minimum Gasteiger partial charge on any atom is -0.475 e. The Morgan fingerprint density at radius 1 is 1.11 bits per heavy atom. The molecular formula is C24H26F3N3O5. The third-order valence-corrected chi connectivity index (χ3v) is 5.89. The van der Waals surface area contributed by atoms with E-state index in [2.05, 4.69) is 16.4 Å². The summed E-state index contributed by atoms with van der Waals surface area (Å²) in [7, 11) is 1.38. The van der Waals surface area contributed by atoms with Crippen molar-refractivity contribution in [1.82, 2.24) is 14.9 Å². The predicted octanol–water partition coefficient (Wildman–Crippen LogP) is 3.81. The van der Waals surface area contributed by atoms with E-state index in [9.17, 15) is 22.8 Å². The smallest absolute Gasteiger partial charge is 0.475 e. The van der Waals surface area contributed by atoms with Gasteiger partial charge in [0.2, 0.25) is 0 Å². The normalized spacial score (nSPS) is 14.3. The molecule has 4 rings (SSSR count). The second-order valence-corrected chi connectivity index (χ2v) is 8.18. The van der Waals surface area contributed by atoms with Crippen molar-refractivity contribution >= 4 is 22.7 Å². The number of esters is 1. The lowest BCUT2D eigenvalue weighted by Gasteiger charge is -2.22. The van der Waals surface area contributed by atoms with Crippen LogP contribution in [0.25, 0.3) is 22.0 Å². The predicted molar refractivity (Wildman–Crippen MR) is 123 cm³/mol. The van der Waals surface area contributed by atoms with Gasteiger partial charge in [0.15, 0.2) is 0 Å². The number of nitrogens with zero attached hydrogens (tertiary/aromatic N) is 1. The molecule has 188 valence electrons. The first-order chi connectivity index (χ1) is 16.6. The molecule has 2 aromatic carbocycles. The molecule has 1 aliphatic rings. The first-order valence-electron chi connectivity index (χ1n) is 11.0. The summed E-state index contributed by atoms with van der Waals surface area (Å²) in [5.74, 6) is -2.43. The molecule has 3 N–H and O–H groups in total. The maximum Gasteiger partial charge on any atom is 0.490 e. The van der Waals surface area contributed by atoms with Crippen molar-refractivity contribution in [3.05, 3.63) is 58.6 Å². The average molecular weight is 493 g/mol. The summed E-state index contributed by atoms with van der Waals surface area (Å²) in [6, 6.07) is 11.5. The lowest BCUT2D eigenvalue weighted by atomic mass is 9.94. The van der Waals surface area contributed by atoms with E-state index in [1.165, 1.54) is 20.0 Å². The number of benzene rings is 2. The highest BCUT2D eigenvalue weighted by Crippen LogP contribution is 2.26. The standard InChI is InChI=1S/C22H25N3O3.C2HF3O2/c1-28-21(26)19-5-3-16-12-18(4-2-17(16)13-19)20-14-24-22(27)25(20)11-8-15-6-9-23-10-7-15;3-2(4,5)1(6)7/h2-5,12-15,23H,6-11H2,1H3,(H,24,27);(H,6,7). The van der Waals surface area contributed by atoms with Crippen molar-refractivity contribution in [2.45, 2.75) is 32.0 Å². The number of halogens is 3. The highest BCUT2D eigenvalue weighted by Gasteiger charge is 2.38. The zero-order valence-corrected chi connectivity index (χ0v) is 19.0. The van der Waals surface area contributed by atoms with Crippen LogP contribution in [0.15, 0.2) is 47.4 Å². The topological polar surface area (TPSA) is 113 Å². The van der Waals surface area contributed by atoms with Gasteiger partial charge >= 0.3 is 23.8 Å². The van der Waals surface area contributed by atoms with Crippen molar-refractivity contribution in [1.29, 1.82) is 0 Å². The molecule has 0 bridgehead atoms. The number of imidazole rings is 1. The Kier molecular flexibility index (Phi) is 8.34. The first-order valence-corrected chi connectivity index (χ1v) is 11.0. The van der Waals surface area contributed by atoms with E-state index in [1.54, 1.807) is 12.3 Å². The number of hydrogen-bond donors (Lipinski definition) is 3. The maximum absolute atomic E-state index is 12.3. The lowest BCUT2D eigenvalue weighted by molar-refractivity contribution is -0.192. The number of carbonyl (C=O) groups excluding carboxylic acids is 1. The Morgan fingerprint density at radius 2 is 1.74 bits per heavy atom. The molecule has 1 saturated heterocycles. The molecule has 0 saturated carbocycles. The van der Waals surface area contributed by atoms with Gasteiger partial charge in [-0.2, -0.15) is 13.2 Å². The summed E-state index contributed by atoms with van der Waals surface area (Å²) in [4.78, 5) is 35.8. The molecule has 0 aliphatic carbocycles. The summed E-state index contributed by atoms with van der Waals surface area (Å²) >= 11 is 0. The van der Waals surface area contributed by atoms with Crippen molar-refractivity contribution in [2.24, 2.45) is 5.92 Å². The van der Waals surface area contributed by atoms with Gasteiger partial charge in [-0.3, -0.25) is 4.57 Å². The molecule has 0 radical (unpaired) electrons. The Balaban J connectivity index is 0.000000429. The van der Waals surface area contributed by atoms with Crippen LogP contribution in [0, 0.1) is 5.92 Å². The molecule has 0 amide bonds. The van der Waals surface area contributed by atoms with E-state index in [-0.39, 0.29) is 11.7 Å². The van der Waals surface area contributed by atoms with Crippen LogP contribution >= 0.6 is 0 Å². The van der Waals surface area contributed by atoms with Gasteiger partial charge in [0.05, 0.1) is 18.4 Å². The molecule has 0 atom stereocenters. The first kappa shape index (κ1) is 26.0. The van der Waals surface area contributed by atoms with Crippen molar-refractivity contribution in [2.75, 3.05) is 20.2 Å². The number of hydrogen-bond acceptors (Lipinski definition) is 5. The van der Waals surface area contributed by atoms with Crippen molar-refractivity contribution in [3.63, 3.8) is 0 Å². The van der Waals surface area contributed by atoms with Gasteiger partial charge in [-0.1, -0.05) is 18.2 Å². The van der Waals surface area contributed by atoms with Gasteiger partial charge in [0, 0.05) is 18.3 Å². The average Bonchev–Trinajstić information content (AvgIpc) is 3.22. The Bertz CT molecular complexity index is 1240. The second kappa shape index (κ2) is 11.2. The van der Waals surface area contributed by atoms with Crippen LogP contribution in [0.1, 0.15) is 29.6 Å². The van der Waals surface area contributed by atoms with Gasteiger partial charge in [-0.05, 0) is 67.2 Å².